The number of hydrazine groups is 1. The van der Waals surface area contributed by atoms with Gasteiger partial charge in [-0.1, -0.05) is 23.7 Å². The van der Waals surface area contributed by atoms with Gasteiger partial charge in [0.15, 0.2) is 0 Å². The number of amides is 1. The molecule has 0 bridgehead atoms. The van der Waals surface area contributed by atoms with E-state index in [4.69, 9.17) is 11.6 Å². The molecule has 0 radical (unpaired) electrons. The molecule has 0 fully saturated rings. The Kier molecular flexibility index (Phi) is 6.89. The Bertz CT molecular complexity index is 1370. The van der Waals surface area contributed by atoms with E-state index < -0.39 is 26.0 Å². The third-order valence-corrected chi connectivity index (χ3v) is 7.47. The van der Waals surface area contributed by atoms with Gasteiger partial charge >= 0.3 is 0 Å². The minimum atomic E-state index is -4.01. The summed E-state index contributed by atoms with van der Waals surface area (Å²) in [7, 11) is -8.00. The van der Waals surface area contributed by atoms with Crippen LogP contribution in [-0.2, 0) is 20.0 Å². The fourth-order valence-electron chi connectivity index (χ4n) is 2.66. The molecule has 3 rings (SSSR count). The Morgan fingerprint density at radius 1 is 0.781 bits per heavy atom. The van der Waals surface area contributed by atoms with Crippen molar-refractivity contribution in [2.45, 2.75) is 23.6 Å². The molecule has 8 nitrogen and oxygen atoms in total. The molecule has 0 aliphatic rings. The maximum Gasteiger partial charge on any atom is 0.266 e. The molecule has 0 heterocycles. The number of sulfonamides is 2. The fraction of sp³-hybridized carbons (Fsp3) is 0.0952. The van der Waals surface area contributed by atoms with Gasteiger partial charge in [0.2, 0.25) is 0 Å². The second kappa shape index (κ2) is 9.29. The monoisotopic (exact) mass is 493 g/mol. The topological polar surface area (TPSA) is 121 Å². The molecule has 0 aliphatic carbocycles. The smallest absolute Gasteiger partial charge is 0.266 e. The van der Waals surface area contributed by atoms with Crippen molar-refractivity contribution < 1.29 is 21.6 Å². The van der Waals surface area contributed by atoms with Crippen molar-refractivity contribution in [2.75, 3.05) is 4.72 Å². The zero-order valence-electron chi connectivity index (χ0n) is 17.1. The number of nitrogens with one attached hydrogen (secondary N) is 3. The van der Waals surface area contributed by atoms with Crippen LogP contribution in [0.4, 0.5) is 5.69 Å². The van der Waals surface area contributed by atoms with Gasteiger partial charge in [-0.3, -0.25) is 14.9 Å². The van der Waals surface area contributed by atoms with E-state index in [9.17, 15) is 21.6 Å². The molecule has 0 aliphatic heterocycles. The molecule has 32 heavy (non-hydrogen) atoms. The summed E-state index contributed by atoms with van der Waals surface area (Å²) in [5.74, 6) is -0.819. The van der Waals surface area contributed by atoms with Crippen LogP contribution in [-0.4, -0.2) is 22.7 Å². The molecule has 0 saturated heterocycles. The molecule has 3 aromatic rings. The van der Waals surface area contributed by atoms with Gasteiger partial charge in [-0.2, -0.15) is 0 Å². The first-order valence-electron chi connectivity index (χ1n) is 9.26. The third-order valence-electron chi connectivity index (χ3n) is 4.59. The quantitative estimate of drug-likeness (QED) is 0.435. The molecule has 0 unspecified atom stereocenters. The molecule has 0 saturated carbocycles. The third kappa shape index (κ3) is 5.65. The van der Waals surface area contributed by atoms with Gasteiger partial charge in [0, 0.05) is 16.3 Å². The van der Waals surface area contributed by atoms with Gasteiger partial charge in [-0.15, -0.1) is 4.83 Å². The van der Waals surface area contributed by atoms with Crippen molar-refractivity contribution in [3.63, 3.8) is 0 Å². The van der Waals surface area contributed by atoms with Crippen LogP contribution in [0, 0.1) is 13.8 Å². The van der Waals surface area contributed by atoms with Gasteiger partial charge in [-0.25, -0.2) is 16.8 Å². The number of carbonyl (C=O) groups excluding carboxylic acids is 1. The lowest BCUT2D eigenvalue weighted by atomic mass is 10.1. The molecule has 11 heteroatoms. The van der Waals surface area contributed by atoms with Crippen LogP contribution in [0.1, 0.15) is 21.5 Å². The highest BCUT2D eigenvalue weighted by molar-refractivity contribution is 7.92. The number of halogens is 1. The van der Waals surface area contributed by atoms with Crippen LogP contribution in [0.2, 0.25) is 5.02 Å². The normalized spacial score (nSPS) is 11.7. The van der Waals surface area contributed by atoms with Gasteiger partial charge < -0.3 is 0 Å². The van der Waals surface area contributed by atoms with Crippen LogP contribution in [0.5, 0.6) is 0 Å². The van der Waals surface area contributed by atoms with Crippen molar-refractivity contribution in [1.82, 2.24) is 10.3 Å². The van der Waals surface area contributed by atoms with Gasteiger partial charge in [-0.05, 0) is 79.6 Å². The van der Waals surface area contributed by atoms with E-state index in [0.717, 1.165) is 17.2 Å². The van der Waals surface area contributed by atoms with E-state index in [1.54, 1.807) is 13.0 Å². The van der Waals surface area contributed by atoms with Crippen LogP contribution in [0.15, 0.2) is 76.5 Å². The summed E-state index contributed by atoms with van der Waals surface area (Å²) >= 11 is 5.80. The SMILES string of the molecule is Cc1ccc(S(=O)(=O)NNC(=O)c2cccc(S(=O)(=O)Nc3ccc(Cl)cc3)c2)cc1C. The van der Waals surface area contributed by atoms with Crippen molar-refractivity contribution >= 4 is 43.2 Å². The number of hydrogen-bond acceptors (Lipinski definition) is 5. The zero-order valence-corrected chi connectivity index (χ0v) is 19.5. The van der Waals surface area contributed by atoms with Gasteiger partial charge in [0.25, 0.3) is 26.0 Å². The lowest BCUT2D eigenvalue weighted by molar-refractivity contribution is 0.0945. The standard InChI is InChI=1S/C21H20ClN3O5S2/c1-14-6-11-20(12-15(14)2)32(29,30)25-23-21(26)16-4-3-5-19(13-16)31(27,28)24-18-9-7-17(22)8-10-18/h3-13,24-25H,1-2H3,(H,23,26). The Hall–Kier alpha value is -2.92. The van der Waals surface area contributed by atoms with Crippen molar-refractivity contribution in [3.05, 3.63) is 88.4 Å². The summed E-state index contributed by atoms with van der Waals surface area (Å²) in [4.78, 5) is 14.3. The minimum absolute atomic E-state index is 0.00982. The summed E-state index contributed by atoms with van der Waals surface area (Å²) < 4.78 is 52.5. The summed E-state index contributed by atoms with van der Waals surface area (Å²) in [5, 5.41) is 0.454. The minimum Gasteiger partial charge on any atom is -0.280 e. The van der Waals surface area contributed by atoms with E-state index in [0.29, 0.717) is 10.7 Å². The van der Waals surface area contributed by atoms with E-state index in [1.807, 2.05) is 11.8 Å². The Balaban J connectivity index is 1.74. The second-order valence-electron chi connectivity index (χ2n) is 6.95. The van der Waals surface area contributed by atoms with Gasteiger partial charge in [0.05, 0.1) is 9.79 Å². The van der Waals surface area contributed by atoms with Crippen LogP contribution in [0.25, 0.3) is 0 Å². The maximum absolute atomic E-state index is 12.6. The molecule has 168 valence electrons. The maximum atomic E-state index is 12.6. The molecule has 0 spiro atoms. The van der Waals surface area contributed by atoms with E-state index >= 15 is 0 Å². The van der Waals surface area contributed by atoms with E-state index in [2.05, 4.69) is 10.1 Å². The number of benzene rings is 3. The first-order chi connectivity index (χ1) is 15.0. The first kappa shape index (κ1) is 23.7. The number of anilines is 1. The Morgan fingerprint density at radius 3 is 2.09 bits per heavy atom. The highest BCUT2D eigenvalue weighted by Gasteiger charge is 2.19. The summed E-state index contributed by atoms with van der Waals surface area (Å²) in [6.07, 6.45) is 0. The average molecular weight is 494 g/mol. The van der Waals surface area contributed by atoms with E-state index in [-0.39, 0.29) is 15.4 Å². The van der Waals surface area contributed by atoms with E-state index in [1.165, 1.54) is 54.6 Å². The van der Waals surface area contributed by atoms with Crippen LogP contribution >= 0.6 is 11.6 Å². The highest BCUT2D eigenvalue weighted by atomic mass is 35.5. The molecule has 0 aromatic heterocycles. The number of hydrogen-bond donors (Lipinski definition) is 3. The molecular formula is C21H20ClN3O5S2. The summed E-state index contributed by atoms with van der Waals surface area (Å²) in [6, 6.07) is 15.8. The zero-order chi connectivity index (χ0) is 23.5. The number of rotatable bonds is 7. The average Bonchev–Trinajstić information content (AvgIpc) is 2.75. The Morgan fingerprint density at radius 2 is 1.44 bits per heavy atom. The van der Waals surface area contributed by atoms with Crippen molar-refractivity contribution in [3.8, 4) is 0 Å². The lowest BCUT2D eigenvalue weighted by Gasteiger charge is -2.11. The highest BCUT2D eigenvalue weighted by Crippen LogP contribution is 2.19. The largest absolute Gasteiger partial charge is 0.280 e. The van der Waals surface area contributed by atoms with Crippen LogP contribution < -0.4 is 15.0 Å². The fourth-order valence-corrected chi connectivity index (χ4v) is 4.82. The summed E-state index contributed by atoms with van der Waals surface area (Å²) in [5.41, 5.74) is 4.06. The lowest BCUT2D eigenvalue weighted by Crippen LogP contribution is -2.41. The first-order valence-corrected chi connectivity index (χ1v) is 12.6. The van der Waals surface area contributed by atoms with Crippen LogP contribution in [0.3, 0.4) is 0 Å². The predicted molar refractivity (Wildman–Crippen MR) is 122 cm³/mol. The molecule has 3 N–H and O–H groups in total. The molecule has 3 aromatic carbocycles. The molecule has 1 amide bonds. The van der Waals surface area contributed by atoms with Crippen molar-refractivity contribution in [2.24, 2.45) is 0 Å². The Labute approximate surface area is 191 Å². The summed E-state index contributed by atoms with van der Waals surface area (Å²) in [6.45, 7) is 3.63. The van der Waals surface area contributed by atoms with Crippen molar-refractivity contribution in [1.29, 1.82) is 0 Å². The number of aryl methyl sites for hydroxylation is 2. The molecular weight excluding hydrogens is 474 g/mol. The second-order valence-corrected chi connectivity index (χ2v) is 10.7. The number of carbonyl (C=O) groups is 1. The predicted octanol–water partition coefficient (Wildman–Crippen LogP) is 3.38. The molecule has 0 atom stereocenters. The van der Waals surface area contributed by atoms with Gasteiger partial charge in [0.1, 0.15) is 0 Å².